The van der Waals surface area contributed by atoms with E-state index in [2.05, 4.69) is 0 Å². The molecule has 2 aromatic carbocycles. The monoisotopic (exact) mass is 700 g/mol. The predicted molar refractivity (Wildman–Crippen MR) is 169 cm³/mol. The molecule has 0 aromatic heterocycles. The van der Waals surface area contributed by atoms with E-state index >= 15 is 0 Å². The largest absolute Gasteiger partial charge is 0.493 e. The van der Waals surface area contributed by atoms with Crippen LogP contribution in [-0.4, -0.2) is 59.0 Å². The summed E-state index contributed by atoms with van der Waals surface area (Å²) in [6.07, 6.45) is 4.20. The highest BCUT2D eigenvalue weighted by molar-refractivity contribution is 6.54. The molecule has 0 bridgehead atoms. The molecule has 0 atom stereocenters. The van der Waals surface area contributed by atoms with Gasteiger partial charge in [0.2, 0.25) is 0 Å². The SMILES string of the molecule is COc1cc(/C=C/C(=O)CC(=O)/C=C/c2ccc(OC(=O)CCC(=O)C(Cl)Cl)c(OC)c2)ccc1OC(=O)CCC(=O)C(Cl)Cl. The molecule has 0 saturated heterocycles. The quantitative estimate of drug-likeness (QED) is 0.0591. The van der Waals surface area contributed by atoms with Crippen LogP contribution in [0.1, 0.15) is 43.2 Å². The fourth-order valence-corrected chi connectivity index (χ4v) is 3.86. The molecule has 0 unspecified atom stereocenters. The van der Waals surface area contributed by atoms with Gasteiger partial charge in [-0.05, 0) is 47.5 Å². The number of carbonyl (C=O) groups excluding carboxylic acids is 6. The number of benzene rings is 2. The van der Waals surface area contributed by atoms with Crippen LogP contribution in [0, 0.1) is 0 Å². The normalized spacial score (nSPS) is 11.2. The molecule has 0 fully saturated rings. The van der Waals surface area contributed by atoms with E-state index in [1.807, 2.05) is 0 Å². The van der Waals surface area contributed by atoms with E-state index in [0.29, 0.717) is 11.1 Å². The van der Waals surface area contributed by atoms with E-state index in [-0.39, 0.29) is 48.7 Å². The van der Waals surface area contributed by atoms with E-state index in [1.165, 1.54) is 62.8 Å². The first-order valence-corrected chi connectivity index (χ1v) is 14.9. The smallest absolute Gasteiger partial charge is 0.311 e. The zero-order valence-electron chi connectivity index (χ0n) is 24.1. The van der Waals surface area contributed by atoms with Gasteiger partial charge in [0.15, 0.2) is 55.8 Å². The second-order valence-corrected chi connectivity index (χ2v) is 11.3. The summed E-state index contributed by atoms with van der Waals surface area (Å²) in [6.45, 7) is 0. The molecule has 14 heteroatoms. The average molecular weight is 702 g/mol. The molecular formula is C31H28Cl4O10. The highest BCUT2D eigenvalue weighted by atomic mass is 35.5. The number of ether oxygens (including phenoxy) is 4. The molecule has 2 rings (SSSR count). The molecule has 0 aliphatic heterocycles. The van der Waals surface area contributed by atoms with Crippen molar-refractivity contribution >= 4 is 93.6 Å². The van der Waals surface area contributed by atoms with Crippen molar-refractivity contribution in [3.63, 3.8) is 0 Å². The number of carbonyl (C=O) groups is 6. The molecule has 0 amide bonds. The van der Waals surface area contributed by atoms with Crippen LogP contribution in [0.5, 0.6) is 23.0 Å². The van der Waals surface area contributed by atoms with Gasteiger partial charge in [-0.1, -0.05) is 70.7 Å². The van der Waals surface area contributed by atoms with Crippen molar-refractivity contribution in [3.05, 3.63) is 59.7 Å². The Balaban J connectivity index is 1.94. The Morgan fingerprint density at radius 2 is 0.978 bits per heavy atom. The van der Waals surface area contributed by atoms with E-state index in [0.717, 1.165) is 0 Å². The highest BCUT2D eigenvalue weighted by Gasteiger charge is 2.18. The summed E-state index contributed by atoms with van der Waals surface area (Å²) in [4.78, 5) is 69.4. The highest BCUT2D eigenvalue weighted by Crippen LogP contribution is 2.30. The van der Waals surface area contributed by atoms with E-state index in [9.17, 15) is 28.8 Å². The van der Waals surface area contributed by atoms with Crippen LogP contribution in [0.15, 0.2) is 48.6 Å². The molecule has 0 N–H and O–H groups in total. The first-order chi connectivity index (χ1) is 21.3. The number of Topliss-reactive ketones (excluding diaryl/α,β-unsaturated/α-hetero) is 2. The summed E-state index contributed by atoms with van der Waals surface area (Å²) < 4.78 is 20.9. The van der Waals surface area contributed by atoms with Gasteiger partial charge < -0.3 is 18.9 Å². The number of methoxy groups -OCH3 is 2. The zero-order valence-corrected chi connectivity index (χ0v) is 27.1. The Hall–Kier alpha value is -3.70. The Morgan fingerprint density at radius 1 is 0.600 bits per heavy atom. The van der Waals surface area contributed by atoms with Crippen molar-refractivity contribution in [2.75, 3.05) is 14.2 Å². The molecular weight excluding hydrogens is 674 g/mol. The zero-order chi connectivity index (χ0) is 33.5. The van der Waals surface area contributed by atoms with Gasteiger partial charge in [-0.25, -0.2) is 0 Å². The van der Waals surface area contributed by atoms with Gasteiger partial charge in [-0.2, -0.15) is 0 Å². The molecule has 0 saturated carbocycles. The Morgan fingerprint density at radius 3 is 1.31 bits per heavy atom. The van der Waals surface area contributed by atoms with Crippen LogP contribution in [-0.2, 0) is 28.8 Å². The molecule has 0 heterocycles. The maximum Gasteiger partial charge on any atom is 0.311 e. The third kappa shape index (κ3) is 13.4. The summed E-state index contributed by atoms with van der Waals surface area (Å²) in [5, 5.41) is 0. The van der Waals surface area contributed by atoms with E-state index < -0.39 is 51.2 Å². The van der Waals surface area contributed by atoms with Crippen LogP contribution in [0.3, 0.4) is 0 Å². The minimum absolute atomic E-state index is 0.110. The lowest BCUT2D eigenvalue weighted by atomic mass is 10.1. The number of esters is 2. The number of hydrogen-bond acceptors (Lipinski definition) is 10. The summed E-state index contributed by atoms with van der Waals surface area (Å²) in [6, 6.07) is 9.10. The van der Waals surface area contributed by atoms with Crippen molar-refractivity contribution in [2.24, 2.45) is 0 Å². The van der Waals surface area contributed by atoms with E-state index in [1.54, 1.807) is 12.1 Å². The summed E-state index contributed by atoms with van der Waals surface area (Å²) in [5.41, 5.74) is 1.07. The second-order valence-electron chi connectivity index (χ2n) is 9.08. The standard InChI is InChI=1S/C31H28Cl4O10/c1-42-26-15-18(5-11-24(26)44-28(40)13-9-22(38)30(32)33)3-7-20(36)17-21(37)8-4-19-6-12-25(27(16-19)43-2)45-29(41)14-10-23(39)31(34)35/h3-8,11-12,15-16,30-31H,9-10,13-14,17H2,1-2H3/b7-3+,8-4+. The predicted octanol–water partition coefficient (Wildman–Crippen LogP) is 6.08. The van der Waals surface area contributed by atoms with Crippen LogP contribution in [0.2, 0.25) is 0 Å². The number of allylic oxidation sites excluding steroid dienone is 2. The Kier molecular flexibility index (Phi) is 15.8. The Labute approximate surface area is 279 Å². The van der Waals surface area contributed by atoms with Crippen LogP contribution < -0.4 is 18.9 Å². The summed E-state index contributed by atoms with van der Waals surface area (Å²) >= 11 is 21.9. The van der Waals surface area contributed by atoms with Crippen molar-refractivity contribution in [2.45, 2.75) is 41.8 Å². The molecule has 0 spiro atoms. The lowest BCUT2D eigenvalue weighted by molar-refractivity contribution is -0.136. The van der Waals surface area contributed by atoms with Crippen LogP contribution in [0.4, 0.5) is 0 Å². The minimum atomic E-state index is -1.22. The van der Waals surface area contributed by atoms with Gasteiger partial charge >= 0.3 is 11.9 Å². The summed E-state index contributed by atoms with van der Waals surface area (Å²) in [5.74, 6) is -2.67. The average Bonchev–Trinajstić information content (AvgIpc) is 3.01. The molecule has 0 aliphatic carbocycles. The first kappa shape index (κ1) is 37.5. The van der Waals surface area contributed by atoms with Gasteiger partial charge in [-0.3, -0.25) is 28.8 Å². The van der Waals surface area contributed by atoms with Gasteiger partial charge in [-0.15, -0.1) is 0 Å². The molecule has 0 radical (unpaired) electrons. The van der Waals surface area contributed by atoms with Crippen molar-refractivity contribution in [1.82, 2.24) is 0 Å². The number of ketones is 4. The summed E-state index contributed by atoms with van der Waals surface area (Å²) in [7, 11) is 2.73. The minimum Gasteiger partial charge on any atom is -0.493 e. The third-order valence-corrected chi connectivity index (χ3v) is 6.71. The lowest BCUT2D eigenvalue weighted by Gasteiger charge is -2.10. The van der Waals surface area contributed by atoms with E-state index in [4.69, 9.17) is 65.4 Å². The molecule has 240 valence electrons. The van der Waals surface area contributed by atoms with Crippen molar-refractivity contribution < 1.29 is 47.7 Å². The van der Waals surface area contributed by atoms with Crippen molar-refractivity contribution in [1.29, 1.82) is 0 Å². The fraction of sp³-hybridized carbons (Fsp3) is 0.290. The van der Waals surface area contributed by atoms with Gasteiger partial charge in [0, 0.05) is 12.8 Å². The number of halogens is 4. The van der Waals surface area contributed by atoms with Gasteiger partial charge in [0.25, 0.3) is 0 Å². The number of hydrogen-bond donors (Lipinski definition) is 0. The lowest BCUT2D eigenvalue weighted by Crippen LogP contribution is -2.14. The van der Waals surface area contributed by atoms with Gasteiger partial charge in [0.1, 0.15) is 0 Å². The van der Waals surface area contributed by atoms with Gasteiger partial charge in [0.05, 0.1) is 33.5 Å². The fourth-order valence-electron chi connectivity index (χ4n) is 3.43. The number of rotatable bonds is 18. The second kappa shape index (κ2) is 19.0. The maximum atomic E-state index is 12.4. The molecule has 2 aromatic rings. The Bertz CT molecular complexity index is 1370. The molecule has 0 aliphatic rings. The molecule has 10 nitrogen and oxygen atoms in total. The van der Waals surface area contributed by atoms with Crippen LogP contribution >= 0.6 is 46.4 Å². The first-order valence-electron chi connectivity index (χ1n) is 13.1. The number of alkyl halides is 4. The maximum absolute atomic E-state index is 12.4. The van der Waals surface area contributed by atoms with Crippen molar-refractivity contribution in [3.8, 4) is 23.0 Å². The van der Waals surface area contributed by atoms with Crippen LogP contribution in [0.25, 0.3) is 12.2 Å². The topological polar surface area (TPSA) is 139 Å². The molecule has 45 heavy (non-hydrogen) atoms. The third-order valence-electron chi connectivity index (χ3n) is 5.73.